The van der Waals surface area contributed by atoms with Crippen molar-refractivity contribution in [2.75, 3.05) is 18.8 Å². The number of rotatable bonds is 13. The average Bonchev–Trinajstić information content (AvgIpc) is 2.61. The maximum Gasteiger partial charge on any atom is 0.327 e. The molecule has 0 fully saturated rings. The summed E-state index contributed by atoms with van der Waals surface area (Å²) in [5.74, 6) is -3.55. The Morgan fingerprint density at radius 1 is 1.11 bits per heavy atom. The number of unbranched alkanes of at least 4 members (excludes halogenated alkanes) is 1. The summed E-state index contributed by atoms with van der Waals surface area (Å²) in [4.78, 5) is 46.7. The molecule has 27 heavy (non-hydrogen) atoms. The van der Waals surface area contributed by atoms with Crippen molar-refractivity contribution in [3.8, 4) is 0 Å². The fourth-order valence-electron chi connectivity index (χ4n) is 2.01. The van der Waals surface area contributed by atoms with Crippen LogP contribution in [0, 0.1) is 0 Å². The fraction of sp³-hybridized carbons (Fsp3) is 0.733. The zero-order chi connectivity index (χ0) is 21.0. The largest absolute Gasteiger partial charge is 0.480 e. The van der Waals surface area contributed by atoms with E-state index in [0.29, 0.717) is 25.8 Å². The minimum Gasteiger partial charge on any atom is -0.480 e. The van der Waals surface area contributed by atoms with Gasteiger partial charge in [0.2, 0.25) is 17.7 Å². The average molecular weight is 407 g/mol. The van der Waals surface area contributed by atoms with Crippen LogP contribution in [0.3, 0.4) is 0 Å². The standard InChI is InChI=1S/C15H29N5O6S/c1-8(21)12(20-13(23)9(17)4-2-3-5-16)14(24)18-6-11(22)19-10(7-27)15(25)26/h8-10,12,21,27H,2-7,16-17H2,1H3,(H,18,24)(H,19,22)(H,20,23)(H,25,26). The lowest BCUT2D eigenvalue weighted by molar-refractivity contribution is -0.141. The lowest BCUT2D eigenvalue weighted by Crippen LogP contribution is -2.57. The molecule has 0 aliphatic rings. The molecule has 0 saturated heterocycles. The Bertz CT molecular complexity index is 519. The van der Waals surface area contributed by atoms with Crippen molar-refractivity contribution in [1.29, 1.82) is 0 Å². The summed E-state index contributed by atoms with van der Waals surface area (Å²) in [5.41, 5.74) is 11.1. The molecule has 0 aliphatic carbocycles. The van der Waals surface area contributed by atoms with Crippen LogP contribution < -0.4 is 27.4 Å². The van der Waals surface area contributed by atoms with Crippen molar-refractivity contribution >= 4 is 36.3 Å². The van der Waals surface area contributed by atoms with E-state index in [0.717, 1.165) is 0 Å². The third-order valence-electron chi connectivity index (χ3n) is 3.61. The number of aliphatic carboxylic acids is 1. The molecule has 11 nitrogen and oxygen atoms in total. The first-order valence-corrected chi connectivity index (χ1v) is 9.12. The van der Waals surface area contributed by atoms with E-state index in [9.17, 15) is 24.3 Å². The number of aliphatic hydroxyl groups is 1. The number of carboxylic acid groups (broad SMARTS) is 1. The Hall–Kier alpha value is -1.89. The summed E-state index contributed by atoms with van der Waals surface area (Å²) in [5, 5.41) is 25.3. The van der Waals surface area contributed by atoms with Gasteiger partial charge in [0.15, 0.2) is 0 Å². The number of carbonyl (C=O) groups excluding carboxylic acids is 3. The zero-order valence-electron chi connectivity index (χ0n) is 15.2. The Morgan fingerprint density at radius 3 is 2.22 bits per heavy atom. The second kappa shape index (κ2) is 13.3. The molecule has 0 bridgehead atoms. The van der Waals surface area contributed by atoms with Gasteiger partial charge in [-0.3, -0.25) is 14.4 Å². The predicted octanol–water partition coefficient (Wildman–Crippen LogP) is -3.08. The summed E-state index contributed by atoms with van der Waals surface area (Å²) >= 11 is 3.80. The minimum atomic E-state index is -1.31. The maximum absolute atomic E-state index is 12.1. The van der Waals surface area contributed by atoms with Gasteiger partial charge in [-0.15, -0.1) is 0 Å². The summed E-state index contributed by atoms with van der Waals surface area (Å²) in [6.07, 6.45) is 0.490. The van der Waals surface area contributed by atoms with Gasteiger partial charge in [0.05, 0.1) is 18.7 Å². The number of nitrogens with one attached hydrogen (secondary N) is 3. The topological polar surface area (TPSA) is 197 Å². The quantitative estimate of drug-likeness (QED) is 0.116. The van der Waals surface area contributed by atoms with Gasteiger partial charge < -0.3 is 37.6 Å². The number of carbonyl (C=O) groups is 4. The molecule has 9 N–H and O–H groups in total. The van der Waals surface area contributed by atoms with E-state index in [-0.39, 0.29) is 5.75 Å². The van der Waals surface area contributed by atoms with Crippen LogP contribution in [0.25, 0.3) is 0 Å². The number of hydrogen-bond acceptors (Lipinski definition) is 8. The molecule has 0 aliphatic heterocycles. The highest BCUT2D eigenvalue weighted by atomic mass is 32.1. The highest BCUT2D eigenvalue weighted by molar-refractivity contribution is 7.80. The van der Waals surface area contributed by atoms with Gasteiger partial charge in [0, 0.05) is 5.75 Å². The van der Waals surface area contributed by atoms with E-state index < -0.39 is 54.5 Å². The molecule has 0 rings (SSSR count). The zero-order valence-corrected chi connectivity index (χ0v) is 16.1. The number of nitrogens with two attached hydrogens (primary N) is 2. The summed E-state index contributed by atoms with van der Waals surface area (Å²) < 4.78 is 0. The van der Waals surface area contributed by atoms with Crippen molar-refractivity contribution in [3.63, 3.8) is 0 Å². The Balaban J connectivity index is 4.60. The van der Waals surface area contributed by atoms with Crippen molar-refractivity contribution in [1.82, 2.24) is 16.0 Å². The van der Waals surface area contributed by atoms with Gasteiger partial charge in [0.1, 0.15) is 12.1 Å². The van der Waals surface area contributed by atoms with Gasteiger partial charge >= 0.3 is 5.97 Å². The molecule has 3 amide bonds. The van der Waals surface area contributed by atoms with Crippen LogP contribution in [-0.4, -0.2) is 77.0 Å². The van der Waals surface area contributed by atoms with E-state index in [1.807, 2.05) is 0 Å². The van der Waals surface area contributed by atoms with Crippen molar-refractivity contribution < 1.29 is 29.4 Å². The third-order valence-corrected chi connectivity index (χ3v) is 3.97. The van der Waals surface area contributed by atoms with Gasteiger partial charge in [-0.05, 0) is 26.3 Å². The first kappa shape index (κ1) is 25.1. The highest BCUT2D eigenvalue weighted by Gasteiger charge is 2.28. The van der Waals surface area contributed by atoms with Crippen LogP contribution >= 0.6 is 12.6 Å². The molecule has 0 aromatic heterocycles. The summed E-state index contributed by atoms with van der Waals surface area (Å²) in [6, 6.07) is -3.37. The van der Waals surface area contributed by atoms with Crippen LogP contribution in [0.1, 0.15) is 26.2 Å². The molecule has 4 unspecified atom stereocenters. The number of amides is 3. The number of aliphatic hydroxyl groups excluding tert-OH is 1. The van der Waals surface area contributed by atoms with Crippen LogP contribution in [0.2, 0.25) is 0 Å². The third kappa shape index (κ3) is 10.1. The molecule has 0 aromatic rings. The van der Waals surface area contributed by atoms with Crippen LogP contribution in [-0.2, 0) is 19.2 Å². The van der Waals surface area contributed by atoms with Gasteiger partial charge in [-0.25, -0.2) is 4.79 Å². The number of thiol groups is 1. The first-order valence-electron chi connectivity index (χ1n) is 8.48. The van der Waals surface area contributed by atoms with Crippen molar-refractivity contribution in [3.05, 3.63) is 0 Å². The predicted molar refractivity (Wildman–Crippen MR) is 101 cm³/mol. The minimum absolute atomic E-state index is 0.122. The Kier molecular flexibility index (Phi) is 12.4. The van der Waals surface area contributed by atoms with Gasteiger partial charge in [0.25, 0.3) is 0 Å². The van der Waals surface area contributed by atoms with Crippen LogP contribution in [0.5, 0.6) is 0 Å². The van der Waals surface area contributed by atoms with Gasteiger partial charge in [-0.2, -0.15) is 12.6 Å². The molecule has 0 aromatic carbocycles. The van der Waals surface area contributed by atoms with E-state index in [1.54, 1.807) is 0 Å². The van der Waals surface area contributed by atoms with Crippen molar-refractivity contribution in [2.45, 2.75) is 50.4 Å². The summed E-state index contributed by atoms with van der Waals surface area (Å²) in [7, 11) is 0. The normalized spacial score (nSPS) is 15.1. The monoisotopic (exact) mass is 407 g/mol. The molecular weight excluding hydrogens is 378 g/mol. The van der Waals surface area contributed by atoms with E-state index in [1.165, 1.54) is 6.92 Å². The molecule has 0 saturated carbocycles. The first-order chi connectivity index (χ1) is 12.6. The van der Waals surface area contributed by atoms with E-state index >= 15 is 0 Å². The lowest BCUT2D eigenvalue weighted by atomic mass is 10.1. The summed E-state index contributed by atoms with van der Waals surface area (Å²) in [6.45, 7) is 1.25. The highest BCUT2D eigenvalue weighted by Crippen LogP contribution is 2.00. The Labute approximate surface area is 163 Å². The van der Waals surface area contributed by atoms with E-state index in [4.69, 9.17) is 16.6 Å². The van der Waals surface area contributed by atoms with Crippen LogP contribution in [0.15, 0.2) is 0 Å². The van der Waals surface area contributed by atoms with Gasteiger partial charge in [-0.1, -0.05) is 6.42 Å². The number of hydrogen-bond donors (Lipinski definition) is 8. The molecule has 0 radical (unpaired) electrons. The van der Waals surface area contributed by atoms with Crippen molar-refractivity contribution in [2.24, 2.45) is 11.5 Å². The fourth-order valence-corrected chi connectivity index (χ4v) is 2.26. The SMILES string of the molecule is CC(O)C(NC(=O)C(N)CCCCN)C(=O)NCC(=O)NC(CS)C(=O)O. The number of carboxylic acids is 1. The second-order valence-electron chi connectivity index (χ2n) is 5.98. The molecule has 12 heteroatoms. The second-order valence-corrected chi connectivity index (χ2v) is 6.34. The lowest BCUT2D eigenvalue weighted by Gasteiger charge is -2.23. The van der Waals surface area contributed by atoms with E-state index in [2.05, 4.69) is 28.6 Å². The smallest absolute Gasteiger partial charge is 0.327 e. The molecular formula is C15H29N5O6S. The molecule has 0 heterocycles. The Morgan fingerprint density at radius 2 is 1.74 bits per heavy atom. The van der Waals surface area contributed by atoms with Crippen LogP contribution in [0.4, 0.5) is 0 Å². The maximum atomic E-state index is 12.1. The molecule has 4 atom stereocenters. The molecule has 0 spiro atoms. The molecule has 156 valence electrons.